The smallest absolute Gasteiger partial charge is 0.300 e. The Morgan fingerprint density at radius 1 is 0.553 bits per heavy atom. The summed E-state index contributed by atoms with van der Waals surface area (Å²) in [7, 11) is 0. The molecule has 0 radical (unpaired) electrons. The van der Waals surface area contributed by atoms with Crippen LogP contribution in [-0.4, -0.2) is 97.9 Å². The summed E-state index contributed by atoms with van der Waals surface area (Å²) >= 11 is 0. The van der Waals surface area contributed by atoms with Crippen LogP contribution in [0.15, 0.2) is 30.3 Å². The summed E-state index contributed by atoms with van der Waals surface area (Å²) in [6.07, 6.45) is 0. The Morgan fingerprint density at radius 3 is 1.03 bits per heavy atom. The SMILES string of the molecule is CC(=O)O.CC(=O)O.CC(=O)O.CC(=O)O.CC(=O)O.CCN(CC)CCN(CC)Cc1ccccc1.[Gd]. The van der Waals surface area contributed by atoms with Gasteiger partial charge in [-0.2, -0.15) is 0 Å². The second kappa shape index (κ2) is 37.0. The van der Waals surface area contributed by atoms with E-state index in [9.17, 15) is 0 Å². The molecule has 1 aromatic carbocycles. The Balaban J connectivity index is -0.000000100. The predicted molar refractivity (Wildman–Crippen MR) is 142 cm³/mol. The third-order valence-electron chi connectivity index (χ3n) is 3.32. The van der Waals surface area contributed by atoms with E-state index in [4.69, 9.17) is 49.5 Å². The van der Waals surface area contributed by atoms with Crippen LogP contribution in [0.4, 0.5) is 0 Å². The monoisotopic (exact) mass is 692 g/mol. The zero-order chi connectivity index (χ0) is 30.4. The molecule has 1 rings (SSSR count). The molecule has 5 N–H and O–H groups in total. The zero-order valence-electron chi connectivity index (χ0n) is 23.7. The molecule has 0 aromatic heterocycles. The van der Waals surface area contributed by atoms with Crippen LogP contribution >= 0.6 is 0 Å². The Hall–Kier alpha value is -2.19. The molecule has 12 nitrogen and oxygen atoms in total. The summed E-state index contributed by atoms with van der Waals surface area (Å²) in [5.74, 6) is -4.17. The van der Waals surface area contributed by atoms with Gasteiger partial charge >= 0.3 is 0 Å². The molecule has 13 heteroatoms. The molecule has 0 bridgehead atoms. The molecule has 0 fully saturated rings. The Bertz CT molecular complexity index is 626. The fraction of sp³-hybridized carbons (Fsp3) is 0.560. The van der Waals surface area contributed by atoms with Crippen LogP contribution < -0.4 is 0 Å². The van der Waals surface area contributed by atoms with E-state index in [2.05, 4.69) is 60.9 Å². The molecule has 0 amide bonds. The Morgan fingerprint density at radius 2 is 0.789 bits per heavy atom. The number of benzene rings is 1. The molecule has 0 aliphatic rings. The van der Waals surface area contributed by atoms with Gasteiger partial charge in [0.15, 0.2) is 0 Å². The first-order valence-corrected chi connectivity index (χ1v) is 11.4. The zero-order valence-corrected chi connectivity index (χ0v) is 25.9. The number of carboxylic acid groups (broad SMARTS) is 5. The molecule has 0 aliphatic heterocycles. The summed E-state index contributed by atoms with van der Waals surface area (Å²) in [4.78, 5) is 50.0. The van der Waals surface area contributed by atoms with E-state index in [0.717, 1.165) is 67.3 Å². The largest absolute Gasteiger partial charge is 0.481 e. The average molecular weight is 692 g/mol. The minimum Gasteiger partial charge on any atom is -0.481 e. The van der Waals surface area contributed by atoms with Crippen LogP contribution in [-0.2, 0) is 30.5 Å². The molecule has 0 saturated heterocycles. The molecule has 0 aliphatic carbocycles. The number of hydrogen-bond acceptors (Lipinski definition) is 7. The Kier molecular flexibility index (Phi) is 47.5. The molecule has 38 heavy (non-hydrogen) atoms. The van der Waals surface area contributed by atoms with E-state index in [-0.39, 0.29) is 39.9 Å². The van der Waals surface area contributed by atoms with Gasteiger partial charge in [0.2, 0.25) is 0 Å². The van der Waals surface area contributed by atoms with Crippen molar-refractivity contribution in [2.24, 2.45) is 0 Å². The molecule has 0 atom stereocenters. The first-order chi connectivity index (χ1) is 17.0. The minimum atomic E-state index is -0.833. The predicted octanol–water partition coefficient (Wildman–Crippen LogP) is 3.30. The molecular weight excluding hydrogens is 646 g/mol. The summed E-state index contributed by atoms with van der Waals surface area (Å²) in [5, 5.41) is 37.1. The number of rotatable bonds is 8. The number of carboxylic acids is 5. The standard InChI is InChI=1S/C15H26N2.5C2H4O2.Gd/c1-4-16(5-2)12-13-17(6-3)14-15-10-8-7-9-11-15;5*1-2(3)4;/h7-11H,4-6,12-14H2,1-3H3;5*1H3,(H,3,4);. The van der Waals surface area contributed by atoms with Gasteiger partial charge in [0.05, 0.1) is 0 Å². The number of nitrogens with zero attached hydrogens (tertiary/aromatic N) is 2. The quantitative estimate of drug-likeness (QED) is 0.268. The van der Waals surface area contributed by atoms with Crippen molar-refractivity contribution < 1.29 is 89.4 Å². The maximum absolute atomic E-state index is 9.00. The number of hydrogen-bond donors (Lipinski definition) is 5. The number of aliphatic carboxylic acids is 5. The van der Waals surface area contributed by atoms with Crippen LogP contribution in [0.3, 0.4) is 0 Å². The van der Waals surface area contributed by atoms with Crippen LogP contribution in [0, 0.1) is 39.9 Å². The van der Waals surface area contributed by atoms with Crippen molar-refractivity contribution in [1.82, 2.24) is 9.80 Å². The van der Waals surface area contributed by atoms with Crippen LogP contribution in [0.25, 0.3) is 0 Å². The van der Waals surface area contributed by atoms with Gasteiger partial charge in [0, 0.05) is 94.2 Å². The van der Waals surface area contributed by atoms with Crippen molar-refractivity contribution >= 4 is 29.8 Å². The molecular formula is C25H46GdN2O10. The summed E-state index contributed by atoms with van der Waals surface area (Å²) in [6, 6.07) is 10.7. The van der Waals surface area contributed by atoms with Crippen molar-refractivity contribution in [3.8, 4) is 0 Å². The third kappa shape index (κ3) is 84.0. The third-order valence-corrected chi connectivity index (χ3v) is 3.32. The van der Waals surface area contributed by atoms with E-state index >= 15 is 0 Å². The number of likely N-dealkylation sites (N-methyl/N-ethyl adjacent to an activating group) is 2. The molecule has 0 saturated carbocycles. The van der Waals surface area contributed by atoms with E-state index in [1.807, 2.05) is 0 Å². The van der Waals surface area contributed by atoms with Crippen molar-refractivity contribution in [3.63, 3.8) is 0 Å². The van der Waals surface area contributed by atoms with Crippen LogP contribution in [0.2, 0.25) is 0 Å². The van der Waals surface area contributed by atoms with E-state index in [1.54, 1.807) is 0 Å². The van der Waals surface area contributed by atoms with Crippen LogP contribution in [0.1, 0.15) is 61.0 Å². The average Bonchev–Trinajstić information content (AvgIpc) is 2.72. The Labute approximate surface area is 258 Å². The van der Waals surface area contributed by atoms with Crippen molar-refractivity contribution in [3.05, 3.63) is 35.9 Å². The number of carbonyl (C=O) groups is 5. The van der Waals surface area contributed by atoms with Gasteiger partial charge in [0.25, 0.3) is 29.8 Å². The van der Waals surface area contributed by atoms with Crippen molar-refractivity contribution in [2.75, 3.05) is 32.7 Å². The maximum atomic E-state index is 9.00. The summed E-state index contributed by atoms with van der Waals surface area (Å²) in [5.41, 5.74) is 1.41. The summed E-state index contributed by atoms with van der Waals surface area (Å²) < 4.78 is 0. The van der Waals surface area contributed by atoms with Gasteiger partial charge in [-0.25, -0.2) is 0 Å². The normalized spacial score (nSPS) is 8.37. The van der Waals surface area contributed by atoms with Gasteiger partial charge in [-0.05, 0) is 25.2 Å². The van der Waals surface area contributed by atoms with E-state index in [0.29, 0.717) is 0 Å². The minimum absolute atomic E-state index is 0. The fourth-order valence-electron chi connectivity index (χ4n) is 2.01. The van der Waals surface area contributed by atoms with Gasteiger partial charge in [-0.1, -0.05) is 51.1 Å². The summed E-state index contributed by atoms with van der Waals surface area (Å²) in [6.45, 7) is 19.0. The maximum Gasteiger partial charge on any atom is 0.300 e. The second-order valence-electron chi connectivity index (χ2n) is 6.98. The van der Waals surface area contributed by atoms with Crippen LogP contribution in [0.5, 0.6) is 0 Å². The molecule has 224 valence electrons. The molecule has 0 spiro atoms. The van der Waals surface area contributed by atoms with E-state index < -0.39 is 29.8 Å². The van der Waals surface area contributed by atoms with Crippen molar-refractivity contribution in [2.45, 2.75) is 61.9 Å². The topological polar surface area (TPSA) is 193 Å². The first-order valence-electron chi connectivity index (χ1n) is 11.4. The molecule has 0 heterocycles. The molecule has 1 aromatic rings. The van der Waals surface area contributed by atoms with E-state index in [1.165, 1.54) is 12.1 Å². The van der Waals surface area contributed by atoms with Crippen molar-refractivity contribution in [1.29, 1.82) is 0 Å². The fourth-order valence-corrected chi connectivity index (χ4v) is 2.01. The first kappa shape index (κ1) is 48.8. The van der Waals surface area contributed by atoms with Gasteiger partial charge in [-0.15, -0.1) is 0 Å². The van der Waals surface area contributed by atoms with Gasteiger partial charge in [-0.3, -0.25) is 28.9 Å². The van der Waals surface area contributed by atoms with Gasteiger partial charge < -0.3 is 30.4 Å². The molecule has 0 unspecified atom stereocenters. The van der Waals surface area contributed by atoms with Gasteiger partial charge in [0.1, 0.15) is 0 Å². The second-order valence-corrected chi connectivity index (χ2v) is 6.98.